The van der Waals surface area contributed by atoms with Crippen molar-refractivity contribution in [3.8, 4) is 6.01 Å². The number of ether oxygens (including phenoxy) is 1. The normalized spacial score (nSPS) is 12.7. The molecule has 1 aromatic carbocycles. The first-order valence-electron chi connectivity index (χ1n) is 4.88. The van der Waals surface area contributed by atoms with Crippen molar-refractivity contribution in [2.45, 2.75) is 13.0 Å². The van der Waals surface area contributed by atoms with Gasteiger partial charge in [-0.3, -0.25) is 0 Å². The van der Waals surface area contributed by atoms with Gasteiger partial charge in [-0.1, -0.05) is 22.0 Å². The molecule has 1 N–H and O–H groups in total. The average Bonchev–Trinajstić information content (AvgIpc) is 2.25. The van der Waals surface area contributed by atoms with E-state index < -0.39 is 6.10 Å². The Labute approximate surface area is 101 Å². The zero-order valence-electron chi connectivity index (χ0n) is 8.72. The third-order valence-electron chi connectivity index (χ3n) is 1.98. The van der Waals surface area contributed by atoms with Crippen LogP contribution >= 0.6 is 15.9 Å². The number of rotatable bonds is 3. The molecule has 0 bridgehead atoms. The largest absolute Gasteiger partial charge is 0.461 e. The number of nitrogens with zero attached hydrogens (tertiary/aromatic N) is 2. The van der Waals surface area contributed by atoms with Crippen molar-refractivity contribution in [2.75, 3.05) is 6.61 Å². The summed E-state index contributed by atoms with van der Waals surface area (Å²) in [5.74, 6) is 0. The van der Waals surface area contributed by atoms with Crippen LogP contribution in [-0.4, -0.2) is 27.8 Å². The molecular formula is C11H11BrN2O2. The first-order valence-corrected chi connectivity index (χ1v) is 5.67. The summed E-state index contributed by atoms with van der Waals surface area (Å²) in [5, 5.41) is 10.0. The van der Waals surface area contributed by atoms with Crippen LogP contribution in [0.5, 0.6) is 6.01 Å². The lowest BCUT2D eigenvalue weighted by Crippen LogP contribution is -2.14. The van der Waals surface area contributed by atoms with E-state index in [-0.39, 0.29) is 12.6 Å². The Kier molecular flexibility index (Phi) is 3.36. The summed E-state index contributed by atoms with van der Waals surface area (Å²) in [5.41, 5.74) is 0.810. The van der Waals surface area contributed by atoms with Gasteiger partial charge in [0.2, 0.25) is 0 Å². The van der Waals surface area contributed by atoms with Crippen LogP contribution in [0.3, 0.4) is 0 Å². The van der Waals surface area contributed by atoms with Gasteiger partial charge < -0.3 is 9.84 Å². The SMILES string of the molecule is CC(O)COc1ncc2ccc(Br)cc2n1. The van der Waals surface area contributed by atoms with Gasteiger partial charge >= 0.3 is 6.01 Å². The summed E-state index contributed by atoms with van der Waals surface area (Å²) in [4.78, 5) is 8.28. The summed E-state index contributed by atoms with van der Waals surface area (Å²) in [6, 6.07) is 6.04. The van der Waals surface area contributed by atoms with Crippen LogP contribution in [0, 0.1) is 0 Å². The molecule has 1 unspecified atom stereocenters. The Morgan fingerprint density at radius 2 is 2.31 bits per heavy atom. The number of aliphatic hydroxyl groups is 1. The van der Waals surface area contributed by atoms with E-state index in [4.69, 9.17) is 9.84 Å². The van der Waals surface area contributed by atoms with Crippen molar-refractivity contribution in [1.82, 2.24) is 9.97 Å². The topological polar surface area (TPSA) is 55.2 Å². The standard InChI is InChI=1S/C11H11BrN2O2/c1-7(15)6-16-11-13-5-8-2-3-9(12)4-10(8)14-11/h2-5,7,15H,6H2,1H3. The Morgan fingerprint density at radius 3 is 3.06 bits per heavy atom. The Morgan fingerprint density at radius 1 is 1.50 bits per heavy atom. The predicted molar refractivity (Wildman–Crippen MR) is 64.4 cm³/mol. The second-order valence-electron chi connectivity index (χ2n) is 3.52. The molecule has 5 heteroatoms. The minimum absolute atomic E-state index is 0.194. The van der Waals surface area contributed by atoms with Crippen molar-refractivity contribution in [2.24, 2.45) is 0 Å². The first kappa shape index (κ1) is 11.3. The third-order valence-corrected chi connectivity index (χ3v) is 2.47. The quantitative estimate of drug-likeness (QED) is 0.937. The average molecular weight is 283 g/mol. The molecule has 0 amide bonds. The maximum atomic E-state index is 9.08. The van der Waals surface area contributed by atoms with E-state index in [0.29, 0.717) is 0 Å². The first-order chi connectivity index (χ1) is 7.65. The van der Waals surface area contributed by atoms with Gasteiger partial charge in [-0.05, 0) is 19.1 Å². The minimum Gasteiger partial charge on any atom is -0.461 e. The number of aliphatic hydroxyl groups excluding tert-OH is 1. The number of hydrogen-bond donors (Lipinski definition) is 1. The highest BCUT2D eigenvalue weighted by Gasteiger charge is 2.03. The van der Waals surface area contributed by atoms with E-state index in [2.05, 4.69) is 25.9 Å². The molecule has 0 aliphatic rings. The number of aromatic nitrogens is 2. The van der Waals surface area contributed by atoms with E-state index in [1.54, 1.807) is 13.1 Å². The molecule has 0 aliphatic heterocycles. The fraction of sp³-hybridized carbons (Fsp3) is 0.273. The number of hydrogen-bond acceptors (Lipinski definition) is 4. The molecule has 1 atom stereocenters. The molecule has 0 radical (unpaired) electrons. The van der Waals surface area contributed by atoms with Gasteiger partial charge in [0, 0.05) is 16.1 Å². The maximum Gasteiger partial charge on any atom is 0.317 e. The van der Waals surface area contributed by atoms with Crippen LogP contribution in [0.2, 0.25) is 0 Å². The lowest BCUT2D eigenvalue weighted by atomic mass is 10.2. The lowest BCUT2D eigenvalue weighted by Gasteiger charge is -2.06. The van der Waals surface area contributed by atoms with Gasteiger partial charge in [0.25, 0.3) is 0 Å². The zero-order chi connectivity index (χ0) is 11.5. The Balaban J connectivity index is 2.28. The van der Waals surface area contributed by atoms with E-state index >= 15 is 0 Å². The van der Waals surface area contributed by atoms with Crippen molar-refractivity contribution in [3.05, 3.63) is 28.9 Å². The monoisotopic (exact) mass is 282 g/mol. The summed E-state index contributed by atoms with van der Waals surface area (Å²) >= 11 is 3.38. The molecule has 1 aromatic heterocycles. The second kappa shape index (κ2) is 4.76. The summed E-state index contributed by atoms with van der Waals surface area (Å²) < 4.78 is 6.19. The Bertz CT molecular complexity index is 502. The van der Waals surface area contributed by atoms with Crippen LogP contribution in [0.1, 0.15) is 6.92 Å². The van der Waals surface area contributed by atoms with E-state index in [1.165, 1.54) is 0 Å². The Hall–Kier alpha value is -1.20. The number of fused-ring (bicyclic) bond motifs is 1. The molecule has 1 heterocycles. The highest BCUT2D eigenvalue weighted by atomic mass is 79.9. The molecule has 0 saturated carbocycles. The molecule has 0 saturated heterocycles. The molecule has 0 aliphatic carbocycles. The van der Waals surface area contributed by atoms with Gasteiger partial charge in [-0.25, -0.2) is 4.98 Å². The molecule has 4 nitrogen and oxygen atoms in total. The van der Waals surface area contributed by atoms with Crippen molar-refractivity contribution in [1.29, 1.82) is 0 Å². The molecule has 0 spiro atoms. The molecular weight excluding hydrogens is 272 g/mol. The molecule has 0 fully saturated rings. The van der Waals surface area contributed by atoms with Crippen LogP contribution < -0.4 is 4.74 Å². The smallest absolute Gasteiger partial charge is 0.317 e. The van der Waals surface area contributed by atoms with Gasteiger partial charge in [0.1, 0.15) is 6.61 Å². The minimum atomic E-state index is -0.526. The summed E-state index contributed by atoms with van der Waals surface area (Å²) in [6.07, 6.45) is 1.17. The van der Waals surface area contributed by atoms with Gasteiger partial charge in [-0.2, -0.15) is 4.98 Å². The van der Waals surface area contributed by atoms with Crippen LogP contribution in [0.15, 0.2) is 28.9 Å². The number of halogens is 1. The fourth-order valence-corrected chi connectivity index (χ4v) is 1.59. The molecule has 2 aromatic rings. The maximum absolute atomic E-state index is 9.08. The van der Waals surface area contributed by atoms with Crippen molar-refractivity contribution >= 4 is 26.8 Å². The predicted octanol–water partition coefficient (Wildman–Crippen LogP) is 2.15. The van der Waals surface area contributed by atoms with Crippen molar-refractivity contribution < 1.29 is 9.84 Å². The zero-order valence-corrected chi connectivity index (χ0v) is 10.3. The summed E-state index contributed by atoms with van der Waals surface area (Å²) in [6.45, 7) is 1.84. The second-order valence-corrected chi connectivity index (χ2v) is 4.43. The van der Waals surface area contributed by atoms with Gasteiger partial charge in [-0.15, -0.1) is 0 Å². The highest BCUT2D eigenvalue weighted by Crippen LogP contribution is 2.18. The molecule has 2 rings (SSSR count). The molecule has 16 heavy (non-hydrogen) atoms. The van der Waals surface area contributed by atoms with Crippen LogP contribution in [-0.2, 0) is 0 Å². The third kappa shape index (κ3) is 2.68. The van der Waals surface area contributed by atoms with Crippen LogP contribution in [0.4, 0.5) is 0 Å². The lowest BCUT2D eigenvalue weighted by molar-refractivity contribution is 0.117. The van der Waals surface area contributed by atoms with Gasteiger partial charge in [0.15, 0.2) is 0 Å². The van der Waals surface area contributed by atoms with E-state index in [9.17, 15) is 0 Å². The summed E-state index contributed by atoms with van der Waals surface area (Å²) in [7, 11) is 0. The van der Waals surface area contributed by atoms with E-state index in [1.807, 2.05) is 18.2 Å². The highest BCUT2D eigenvalue weighted by molar-refractivity contribution is 9.10. The van der Waals surface area contributed by atoms with Crippen LogP contribution in [0.25, 0.3) is 10.9 Å². The van der Waals surface area contributed by atoms with Gasteiger partial charge in [0.05, 0.1) is 11.6 Å². The molecule has 84 valence electrons. The number of benzene rings is 1. The van der Waals surface area contributed by atoms with Crippen molar-refractivity contribution in [3.63, 3.8) is 0 Å². The fourth-order valence-electron chi connectivity index (χ4n) is 1.24. The van der Waals surface area contributed by atoms with E-state index in [0.717, 1.165) is 15.4 Å².